The van der Waals surface area contributed by atoms with Crippen molar-refractivity contribution in [2.45, 2.75) is 13.0 Å². The minimum Gasteiger partial charge on any atom is -0.508 e. The van der Waals surface area contributed by atoms with Crippen LogP contribution >= 0.6 is 15.9 Å². The quantitative estimate of drug-likeness (QED) is 0.288. The number of carbonyl (C=O) groups is 2. The first-order chi connectivity index (χ1) is 15.2. The topological polar surface area (TPSA) is 77.8 Å². The summed E-state index contributed by atoms with van der Waals surface area (Å²) in [5, 5.41) is 20.7. The number of aliphatic hydroxyl groups excluding tert-OH is 1. The van der Waals surface area contributed by atoms with Crippen LogP contribution < -0.4 is 4.90 Å². The Kier molecular flexibility index (Phi) is 5.56. The Labute approximate surface area is 190 Å². The van der Waals surface area contributed by atoms with Crippen LogP contribution in [0, 0.1) is 18.6 Å². The first kappa shape index (κ1) is 21.7. The lowest BCUT2D eigenvalue weighted by Gasteiger charge is -2.26. The van der Waals surface area contributed by atoms with Crippen LogP contribution in [-0.4, -0.2) is 21.9 Å². The molecule has 1 heterocycles. The lowest BCUT2D eigenvalue weighted by atomic mass is 9.94. The molecule has 0 radical (unpaired) electrons. The molecular formula is C24H16BrF2NO4. The Morgan fingerprint density at radius 1 is 1.00 bits per heavy atom. The third-order valence-corrected chi connectivity index (χ3v) is 6.14. The van der Waals surface area contributed by atoms with Gasteiger partial charge in [0.25, 0.3) is 11.7 Å². The fourth-order valence-electron chi connectivity index (χ4n) is 3.67. The summed E-state index contributed by atoms with van der Waals surface area (Å²) in [6.45, 7) is 1.79. The highest BCUT2D eigenvalue weighted by molar-refractivity contribution is 9.10. The highest BCUT2D eigenvalue weighted by Gasteiger charge is 2.47. The van der Waals surface area contributed by atoms with Crippen molar-refractivity contribution in [3.63, 3.8) is 0 Å². The molecule has 5 nitrogen and oxygen atoms in total. The van der Waals surface area contributed by atoms with Crippen molar-refractivity contribution < 1.29 is 28.6 Å². The first-order valence-corrected chi connectivity index (χ1v) is 10.3. The third-order valence-electron chi connectivity index (χ3n) is 5.25. The van der Waals surface area contributed by atoms with Gasteiger partial charge in [-0.1, -0.05) is 34.1 Å². The zero-order valence-corrected chi connectivity index (χ0v) is 18.2. The summed E-state index contributed by atoms with van der Waals surface area (Å²) in [4.78, 5) is 26.8. The Morgan fingerprint density at radius 2 is 1.69 bits per heavy atom. The number of hydrogen-bond donors (Lipinski definition) is 2. The van der Waals surface area contributed by atoms with E-state index < -0.39 is 40.8 Å². The molecule has 0 bridgehead atoms. The van der Waals surface area contributed by atoms with Gasteiger partial charge in [0.2, 0.25) is 0 Å². The molecule has 1 aliphatic rings. The van der Waals surface area contributed by atoms with Gasteiger partial charge in [-0.25, -0.2) is 8.78 Å². The minimum absolute atomic E-state index is 0.0637. The lowest BCUT2D eigenvalue weighted by Crippen LogP contribution is -2.30. The molecule has 3 aromatic rings. The van der Waals surface area contributed by atoms with Gasteiger partial charge in [0.15, 0.2) is 0 Å². The molecule has 0 aromatic heterocycles. The Bertz CT molecular complexity index is 1290. The molecule has 0 spiro atoms. The van der Waals surface area contributed by atoms with E-state index in [-0.39, 0.29) is 16.9 Å². The number of halogens is 3. The zero-order chi connectivity index (χ0) is 23.2. The second-order valence-corrected chi connectivity index (χ2v) is 8.17. The van der Waals surface area contributed by atoms with Gasteiger partial charge in [-0.3, -0.25) is 14.5 Å². The van der Waals surface area contributed by atoms with Crippen molar-refractivity contribution >= 4 is 39.1 Å². The monoisotopic (exact) mass is 499 g/mol. The summed E-state index contributed by atoms with van der Waals surface area (Å²) in [5.74, 6) is -4.36. The molecule has 0 saturated carbocycles. The Hall–Kier alpha value is -3.52. The van der Waals surface area contributed by atoms with Gasteiger partial charge in [0.05, 0.1) is 17.3 Å². The number of nitrogens with zero attached hydrogens (tertiary/aromatic N) is 1. The maximum absolute atomic E-state index is 14.6. The summed E-state index contributed by atoms with van der Waals surface area (Å²) < 4.78 is 29.3. The van der Waals surface area contributed by atoms with E-state index in [9.17, 15) is 28.6 Å². The highest BCUT2D eigenvalue weighted by Crippen LogP contribution is 2.43. The molecule has 32 heavy (non-hydrogen) atoms. The van der Waals surface area contributed by atoms with E-state index in [0.29, 0.717) is 5.56 Å². The molecule has 0 aliphatic carbocycles. The van der Waals surface area contributed by atoms with E-state index in [4.69, 9.17) is 0 Å². The van der Waals surface area contributed by atoms with Crippen molar-refractivity contribution in [1.29, 1.82) is 0 Å². The molecule has 1 aliphatic heterocycles. The molecule has 1 unspecified atom stereocenters. The predicted octanol–water partition coefficient (Wildman–Crippen LogP) is 5.37. The molecule has 4 rings (SSSR count). The van der Waals surface area contributed by atoms with Crippen molar-refractivity contribution in [3.8, 4) is 5.75 Å². The van der Waals surface area contributed by atoms with Gasteiger partial charge in [-0.15, -0.1) is 0 Å². The third kappa shape index (κ3) is 3.67. The van der Waals surface area contributed by atoms with Crippen LogP contribution in [0.1, 0.15) is 22.7 Å². The maximum Gasteiger partial charge on any atom is 0.300 e. The number of rotatable bonds is 3. The highest BCUT2D eigenvalue weighted by atomic mass is 79.9. The number of phenols is 1. The summed E-state index contributed by atoms with van der Waals surface area (Å²) in [6, 6.07) is 11.8. The van der Waals surface area contributed by atoms with E-state index in [1.54, 1.807) is 25.1 Å². The van der Waals surface area contributed by atoms with E-state index >= 15 is 0 Å². The molecule has 8 heteroatoms. The van der Waals surface area contributed by atoms with E-state index in [0.717, 1.165) is 33.1 Å². The molecule has 1 saturated heterocycles. The number of hydrogen-bond acceptors (Lipinski definition) is 4. The zero-order valence-electron chi connectivity index (χ0n) is 16.6. The molecular weight excluding hydrogens is 484 g/mol. The number of benzene rings is 3. The van der Waals surface area contributed by atoms with Gasteiger partial charge < -0.3 is 10.2 Å². The fourth-order valence-corrected chi connectivity index (χ4v) is 3.92. The van der Waals surface area contributed by atoms with Gasteiger partial charge in [0, 0.05) is 16.1 Å². The molecule has 1 fully saturated rings. The van der Waals surface area contributed by atoms with E-state index in [2.05, 4.69) is 15.9 Å². The second kappa shape index (κ2) is 8.20. The van der Waals surface area contributed by atoms with Gasteiger partial charge in [0.1, 0.15) is 23.1 Å². The van der Waals surface area contributed by atoms with Crippen LogP contribution in [0.3, 0.4) is 0 Å². The number of phenolic OH excluding ortho intramolecular Hbond substituents is 1. The van der Waals surface area contributed by atoms with Crippen LogP contribution in [0.4, 0.5) is 14.5 Å². The Balaban J connectivity index is 1.99. The molecule has 3 aromatic carbocycles. The van der Waals surface area contributed by atoms with Crippen molar-refractivity contribution in [2.24, 2.45) is 0 Å². The molecule has 2 N–H and O–H groups in total. The van der Waals surface area contributed by atoms with Crippen molar-refractivity contribution in [1.82, 2.24) is 0 Å². The SMILES string of the molecule is Cc1cc(/C(O)=C2\C(=O)C(=O)N(c3cc(F)ccc3F)C2c2ccc(O)cc2)ccc1Br. The van der Waals surface area contributed by atoms with Crippen molar-refractivity contribution in [2.75, 3.05) is 4.90 Å². The number of amides is 1. The average molecular weight is 500 g/mol. The van der Waals surface area contributed by atoms with Crippen LogP contribution in [0.15, 0.2) is 70.7 Å². The smallest absolute Gasteiger partial charge is 0.300 e. The summed E-state index contributed by atoms with van der Waals surface area (Å²) in [6.07, 6.45) is 0. The standard InChI is InChI=1S/C24H16BrF2NO4/c1-12-10-14(4-8-17(12)25)22(30)20-21(13-2-6-16(29)7-3-13)28(24(32)23(20)31)19-11-15(26)5-9-18(19)27/h2-11,21,29-30H,1H3/b22-20+. The molecule has 162 valence electrons. The van der Waals surface area contributed by atoms with Crippen LogP contribution in [0.25, 0.3) is 5.76 Å². The lowest BCUT2D eigenvalue weighted by molar-refractivity contribution is -0.132. The van der Waals surface area contributed by atoms with Crippen LogP contribution in [0.5, 0.6) is 5.75 Å². The molecule has 1 amide bonds. The van der Waals surface area contributed by atoms with Crippen LogP contribution in [-0.2, 0) is 9.59 Å². The number of carbonyl (C=O) groups excluding carboxylic acids is 2. The number of aliphatic hydroxyl groups is 1. The van der Waals surface area contributed by atoms with Gasteiger partial charge in [-0.2, -0.15) is 0 Å². The number of aryl methyl sites for hydroxylation is 1. The fraction of sp³-hybridized carbons (Fsp3) is 0.0833. The van der Waals surface area contributed by atoms with E-state index in [1.807, 2.05) is 0 Å². The number of anilines is 1. The number of ketones is 1. The second-order valence-electron chi connectivity index (χ2n) is 7.32. The van der Waals surface area contributed by atoms with Gasteiger partial charge >= 0.3 is 0 Å². The maximum atomic E-state index is 14.6. The van der Waals surface area contributed by atoms with Crippen molar-refractivity contribution in [3.05, 3.63) is 99.0 Å². The predicted molar refractivity (Wildman–Crippen MR) is 118 cm³/mol. The van der Waals surface area contributed by atoms with Crippen LogP contribution in [0.2, 0.25) is 0 Å². The Morgan fingerprint density at radius 3 is 2.34 bits per heavy atom. The summed E-state index contributed by atoms with van der Waals surface area (Å²) in [7, 11) is 0. The first-order valence-electron chi connectivity index (χ1n) is 9.50. The number of Topliss-reactive ketones (excluding diaryl/α,β-unsaturated/α-hetero) is 1. The van der Waals surface area contributed by atoms with Gasteiger partial charge in [-0.05, 0) is 54.4 Å². The van der Waals surface area contributed by atoms with E-state index in [1.165, 1.54) is 24.3 Å². The average Bonchev–Trinajstić information content (AvgIpc) is 3.02. The molecule has 1 atom stereocenters. The minimum atomic E-state index is -1.24. The summed E-state index contributed by atoms with van der Waals surface area (Å²) >= 11 is 3.37. The largest absolute Gasteiger partial charge is 0.508 e. The normalized spacial score (nSPS) is 17.8. The number of aromatic hydroxyl groups is 1. The summed E-state index contributed by atoms with van der Waals surface area (Å²) in [5.41, 5.74) is 0.677.